The van der Waals surface area contributed by atoms with Crippen LogP contribution in [0, 0.1) is 11.6 Å². The lowest BCUT2D eigenvalue weighted by molar-refractivity contribution is -0.141. The Kier molecular flexibility index (Phi) is 7.01. The monoisotopic (exact) mass is 485 g/mol. The molecule has 12 heteroatoms. The van der Waals surface area contributed by atoms with E-state index in [9.17, 15) is 22.9 Å². The van der Waals surface area contributed by atoms with Gasteiger partial charge in [0.1, 0.15) is 29.1 Å². The number of carbonyl (C=O) groups is 2. The van der Waals surface area contributed by atoms with Gasteiger partial charge < -0.3 is 24.6 Å². The number of hydrogen-bond donors (Lipinski definition) is 3. The Morgan fingerprint density at radius 3 is 2.33 bits per heavy atom. The zero-order chi connectivity index (χ0) is 24.6. The molecule has 2 atom stereocenters. The highest BCUT2D eigenvalue weighted by Gasteiger charge is 2.46. The van der Waals surface area contributed by atoms with Gasteiger partial charge in [-0.3, -0.25) is 14.1 Å². The van der Waals surface area contributed by atoms with Crippen molar-refractivity contribution in [2.75, 3.05) is 6.79 Å². The first-order chi connectivity index (χ1) is 15.3. The number of ketones is 1. The normalized spacial score (nSPS) is 19.4. The number of rotatable bonds is 7. The molecule has 9 nitrogen and oxygen atoms in total. The first kappa shape index (κ1) is 24.9. The fourth-order valence-electron chi connectivity index (χ4n) is 3.54. The smallest absolute Gasteiger partial charge is 0.471 e. The molecule has 0 aliphatic carbocycles. The average molecular weight is 485 g/mol. The lowest BCUT2D eigenvalue weighted by Gasteiger charge is -2.44. The predicted molar refractivity (Wildman–Crippen MR) is 111 cm³/mol. The molecule has 2 aromatic rings. The standard InChI is InChI=1S/C21H22F2NO8P/c1-11(25)12-4-5-17-16(8-12)18(24-20(26)13-6-14(22)9-15(23)7-13)19(21(2,3)32-17)30-10-31-33(27,28)29/h4-9,18-19H,10H2,1-3H3,(H,24,26)(H2,27,28,29)/t18-,19-/m1/s1. The van der Waals surface area contributed by atoms with Gasteiger partial charge in [0.05, 0.1) is 6.04 Å². The molecule has 178 valence electrons. The number of carbonyl (C=O) groups excluding carboxylic acids is 2. The molecule has 0 saturated heterocycles. The maximum absolute atomic E-state index is 13.6. The lowest BCUT2D eigenvalue weighted by Crippen LogP contribution is -2.55. The van der Waals surface area contributed by atoms with Crippen LogP contribution in [0.3, 0.4) is 0 Å². The van der Waals surface area contributed by atoms with E-state index in [0.717, 1.165) is 12.1 Å². The number of phosphoric acid groups is 1. The molecule has 3 N–H and O–H groups in total. The number of Topliss-reactive ketones (excluding diaryl/α,β-unsaturated/α-hetero) is 1. The topological polar surface area (TPSA) is 131 Å². The number of fused-ring (bicyclic) bond motifs is 1. The van der Waals surface area contributed by atoms with Gasteiger partial charge in [0.2, 0.25) is 0 Å². The second kappa shape index (κ2) is 9.28. The van der Waals surface area contributed by atoms with Crippen LogP contribution in [0.15, 0.2) is 36.4 Å². The van der Waals surface area contributed by atoms with Crippen molar-refractivity contribution in [3.8, 4) is 5.75 Å². The summed E-state index contributed by atoms with van der Waals surface area (Å²) in [4.78, 5) is 42.7. The fraction of sp³-hybridized carbons (Fsp3) is 0.333. The van der Waals surface area contributed by atoms with Gasteiger partial charge in [-0.2, -0.15) is 0 Å². The molecule has 0 aromatic heterocycles. The largest absolute Gasteiger partial charge is 0.485 e. The summed E-state index contributed by atoms with van der Waals surface area (Å²) in [5, 5.41) is 2.63. The van der Waals surface area contributed by atoms with Crippen LogP contribution in [0.1, 0.15) is 53.1 Å². The zero-order valence-electron chi connectivity index (χ0n) is 17.9. The average Bonchev–Trinajstić information content (AvgIpc) is 2.67. The number of halogens is 2. The molecule has 1 aliphatic rings. The lowest BCUT2D eigenvalue weighted by atomic mass is 9.85. The Balaban J connectivity index is 2.02. The van der Waals surface area contributed by atoms with E-state index in [1.165, 1.54) is 25.1 Å². The third-order valence-electron chi connectivity index (χ3n) is 4.99. The maximum Gasteiger partial charge on any atom is 0.471 e. The van der Waals surface area contributed by atoms with E-state index in [4.69, 9.17) is 19.3 Å². The van der Waals surface area contributed by atoms with E-state index in [-0.39, 0.29) is 11.3 Å². The molecule has 2 aromatic carbocycles. The fourth-order valence-corrected chi connectivity index (χ4v) is 3.74. The van der Waals surface area contributed by atoms with Crippen molar-refractivity contribution < 1.29 is 46.7 Å². The van der Waals surface area contributed by atoms with Crippen LogP contribution in [-0.2, 0) is 13.8 Å². The Labute approximate surface area is 187 Å². The van der Waals surface area contributed by atoms with Crippen LogP contribution in [0.5, 0.6) is 5.75 Å². The number of benzene rings is 2. The van der Waals surface area contributed by atoms with Crippen molar-refractivity contribution in [1.29, 1.82) is 0 Å². The summed E-state index contributed by atoms with van der Waals surface area (Å²) < 4.78 is 54.2. The van der Waals surface area contributed by atoms with Gasteiger partial charge in [-0.25, -0.2) is 13.3 Å². The van der Waals surface area contributed by atoms with E-state index in [1.807, 2.05) is 0 Å². The molecule has 0 fully saturated rings. The third-order valence-corrected chi connectivity index (χ3v) is 5.43. The highest BCUT2D eigenvalue weighted by molar-refractivity contribution is 7.46. The summed E-state index contributed by atoms with van der Waals surface area (Å²) in [7, 11) is -4.85. The minimum absolute atomic E-state index is 0.262. The van der Waals surface area contributed by atoms with Crippen molar-refractivity contribution in [3.05, 3.63) is 64.7 Å². The molecule has 3 rings (SSSR count). The van der Waals surface area contributed by atoms with E-state index in [1.54, 1.807) is 13.8 Å². The van der Waals surface area contributed by atoms with Crippen LogP contribution in [0.4, 0.5) is 8.78 Å². The molecule has 0 saturated carbocycles. The highest BCUT2D eigenvalue weighted by atomic mass is 31.2. The Morgan fingerprint density at radius 2 is 1.76 bits per heavy atom. The van der Waals surface area contributed by atoms with Gasteiger partial charge in [-0.15, -0.1) is 0 Å². The molecule has 33 heavy (non-hydrogen) atoms. The maximum atomic E-state index is 13.6. The Hall–Kier alpha value is -2.69. The molecule has 0 unspecified atom stereocenters. The summed E-state index contributed by atoms with van der Waals surface area (Å²) in [6.45, 7) is 3.72. The summed E-state index contributed by atoms with van der Waals surface area (Å²) in [6.07, 6.45) is -1.08. The Bertz CT molecular complexity index is 1110. The number of ether oxygens (including phenoxy) is 2. The zero-order valence-corrected chi connectivity index (χ0v) is 18.8. The highest BCUT2D eigenvalue weighted by Crippen LogP contribution is 2.43. The molecule has 1 aliphatic heterocycles. The van der Waals surface area contributed by atoms with Crippen LogP contribution < -0.4 is 10.1 Å². The van der Waals surface area contributed by atoms with E-state index >= 15 is 0 Å². The quantitative estimate of drug-likeness (QED) is 0.310. The minimum Gasteiger partial charge on any atom is -0.485 e. The number of phosphoric ester groups is 1. The second-order valence-corrected chi connectivity index (χ2v) is 9.19. The van der Waals surface area contributed by atoms with E-state index in [0.29, 0.717) is 22.9 Å². The van der Waals surface area contributed by atoms with Gasteiger partial charge in [-0.05, 0) is 51.1 Å². The van der Waals surface area contributed by atoms with E-state index < -0.39 is 49.9 Å². The van der Waals surface area contributed by atoms with Gasteiger partial charge in [0, 0.05) is 22.8 Å². The molecular formula is C21H22F2NO8P. The molecule has 0 spiro atoms. The molecule has 0 radical (unpaired) electrons. The van der Waals surface area contributed by atoms with Crippen molar-refractivity contribution >= 4 is 19.5 Å². The van der Waals surface area contributed by atoms with Crippen molar-refractivity contribution in [2.24, 2.45) is 0 Å². The van der Waals surface area contributed by atoms with Crippen LogP contribution in [0.25, 0.3) is 0 Å². The van der Waals surface area contributed by atoms with Crippen molar-refractivity contribution in [1.82, 2.24) is 5.32 Å². The van der Waals surface area contributed by atoms with Gasteiger partial charge in [0.25, 0.3) is 5.91 Å². The predicted octanol–water partition coefficient (Wildman–Crippen LogP) is 3.26. The van der Waals surface area contributed by atoms with Crippen molar-refractivity contribution in [3.63, 3.8) is 0 Å². The Morgan fingerprint density at radius 1 is 1.12 bits per heavy atom. The molecule has 1 amide bonds. The number of nitrogens with one attached hydrogen (secondary N) is 1. The van der Waals surface area contributed by atoms with Crippen LogP contribution in [-0.4, -0.2) is 40.0 Å². The summed E-state index contributed by atoms with van der Waals surface area (Å²) in [5.74, 6) is -2.69. The molecule has 1 heterocycles. The first-order valence-corrected chi connectivity index (χ1v) is 11.2. The second-order valence-electron chi connectivity index (χ2n) is 7.95. The minimum atomic E-state index is -4.85. The van der Waals surface area contributed by atoms with Crippen molar-refractivity contribution in [2.45, 2.75) is 38.5 Å². The number of hydrogen-bond acceptors (Lipinski definition) is 6. The number of amides is 1. The van der Waals surface area contributed by atoms with E-state index in [2.05, 4.69) is 9.84 Å². The van der Waals surface area contributed by atoms with Crippen LogP contribution in [0.2, 0.25) is 0 Å². The first-order valence-electron chi connectivity index (χ1n) is 9.69. The molecular weight excluding hydrogens is 463 g/mol. The third kappa shape index (κ3) is 6.01. The molecule has 0 bridgehead atoms. The summed E-state index contributed by atoms with van der Waals surface area (Å²) >= 11 is 0. The SMILES string of the molecule is CC(=O)c1ccc2c(c1)[C@@H](NC(=O)c1cc(F)cc(F)c1)[C@@H](OCOP(=O)(O)O)C(C)(C)O2. The van der Waals surface area contributed by atoms with Gasteiger partial charge >= 0.3 is 7.82 Å². The summed E-state index contributed by atoms with van der Waals surface area (Å²) in [5.41, 5.74) is -0.827. The van der Waals surface area contributed by atoms with Gasteiger partial charge in [0.15, 0.2) is 12.6 Å². The van der Waals surface area contributed by atoms with Crippen LogP contribution >= 0.6 is 7.82 Å². The van der Waals surface area contributed by atoms with Gasteiger partial charge in [-0.1, -0.05) is 0 Å². The summed E-state index contributed by atoms with van der Waals surface area (Å²) in [6, 6.07) is 5.83.